The summed E-state index contributed by atoms with van der Waals surface area (Å²) in [6, 6.07) is 4.92. The van der Waals surface area contributed by atoms with Crippen LogP contribution in [0, 0.1) is 5.82 Å². The number of likely N-dealkylation sites (tertiary alicyclic amines) is 1. The second-order valence-corrected chi connectivity index (χ2v) is 6.60. The molecule has 1 aromatic carbocycles. The van der Waals surface area contributed by atoms with Crippen LogP contribution in [0.2, 0.25) is 0 Å². The summed E-state index contributed by atoms with van der Waals surface area (Å²) < 4.78 is 29.0. The summed E-state index contributed by atoms with van der Waals surface area (Å²) >= 11 is 0. The summed E-state index contributed by atoms with van der Waals surface area (Å²) in [7, 11) is 1.26. The molecule has 0 aliphatic carbocycles. The molecule has 0 aromatic heterocycles. The highest BCUT2D eigenvalue weighted by molar-refractivity contribution is 5.82. The molecule has 2 atom stereocenters. The molecule has 0 N–H and O–H groups in total. The molecule has 1 aliphatic heterocycles. The third-order valence-electron chi connectivity index (χ3n) is 3.46. The van der Waals surface area contributed by atoms with Gasteiger partial charge in [0.15, 0.2) is 0 Å². The monoisotopic (exact) mass is 339 g/mol. The van der Waals surface area contributed by atoms with E-state index in [0.29, 0.717) is 5.75 Å². The van der Waals surface area contributed by atoms with Gasteiger partial charge in [0.05, 0.1) is 13.7 Å². The fourth-order valence-corrected chi connectivity index (χ4v) is 2.50. The first-order valence-electron chi connectivity index (χ1n) is 7.69. The normalized spacial score (nSPS) is 20.6. The van der Waals surface area contributed by atoms with Crippen molar-refractivity contribution in [2.24, 2.45) is 0 Å². The smallest absolute Gasteiger partial charge is 0.411 e. The number of hydrogen-bond donors (Lipinski definition) is 0. The molecule has 7 heteroatoms. The van der Waals surface area contributed by atoms with Gasteiger partial charge in [-0.15, -0.1) is 0 Å². The summed E-state index contributed by atoms with van der Waals surface area (Å²) in [4.78, 5) is 25.6. The minimum Gasteiger partial charge on any atom is -0.488 e. The number of halogens is 1. The van der Waals surface area contributed by atoms with Gasteiger partial charge in [-0.05, 0) is 32.9 Å². The molecule has 0 radical (unpaired) electrons. The lowest BCUT2D eigenvalue weighted by Crippen LogP contribution is -2.44. The Hall–Kier alpha value is -2.31. The second-order valence-electron chi connectivity index (χ2n) is 6.60. The van der Waals surface area contributed by atoms with E-state index in [1.807, 2.05) is 0 Å². The number of carbonyl (C=O) groups is 2. The molecule has 0 unspecified atom stereocenters. The molecule has 0 saturated carbocycles. The Balaban J connectivity index is 2.11. The quantitative estimate of drug-likeness (QED) is 0.792. The minimum absolute atomic E-state index is 0.158. The Morgan fingerprint density at radius 3 is 2.58 bits per heavy atom. The van der Waals surface area contributed by atoms with Gasteiger partial charge in [-0.1, -0.05) is 6.07 Å². The molecule has 1 amide bonds. The molecule has 24 heavy (non-hydrogen) atoms. The van der Waals surface area contributed by atoms with Crippen LogP contribution in [0.15, 0.2) is 24.3 Å². The number of ether oxygens (including phenoxy) is 3. The molecule has 1 aromatic rings. The lowest BCUT2D eigenvalue weighted by molar-refractivity contribution is -0.145. The number of methoxy groups -OCH3 is 1. The van der Waals surface area contributed by atoms with E-state index in [2.05, 4.69) is 0 Å². The number of carbonyl (C=O) groups excluding carboxylic acids is 2. The molecule has 1 saturated heterocycles. The molecule has 132 valence electrons. The predicted molar refractivity (Wildman–Crippen MR) is 84.2 cm³/mol. The van der Waals surface area contributed by atoms with Crippen molar-refractivity contribution in [3.05, 3.63) is 30.1 Å². The summed E-state index contributed by atoms with van der Waals surface area (Å²) in [6.45, 7) is 5.39. The summed E-state index contributed by atoms with van der Waals surface area (Å²) in [5, 5.41) is 0. The zero-order valence-corrected chi connectivity index (χ0v) is 14.2. The van der Waals surface area contributed by atoms with Gasteiger partial charge in [-0.3, -0.25) is 4.90 Å². The zero-order chi connectivity index (χ0) is 17.9. The number of rotatable bonds is 3. The summed E-state index contributed by atoms with van der Waals surface area (Å²) in [6.07, 6.45) is -0.811. The average Bonchev–Trinajstić information content (AvgIpc) is 2.88. The highest BCUT2D eigenvalue weighted by Crippen LogP contribution is 2.26. The van der Waals surface area contributed by atoms with Crippen molar-refractivity contribution in [2.75, 3.05) is 13.7 Å². The maximum absolute atomic E-state index is 13.3. The Bertz CT molecular complexity index is 613. The van der Waals surface area contributed by atoms with Gasteiger partial charge in [-0.25, -0.2) is 14.0 Å². The van der Waals surface area contributed by atoms with Crippen molar-refractivity contribution in [3.63, 3.8) is 0 Å². The van der Waals surface area contributed by atoms with Crippen molar-refractivity contribution in [1.29, 1.82) is 0 Å². The van der Waals surface area contributed by atoms with E-state index in [0.717, 1.165) is 0 Å². The van der Waals surface area contributed by atoms with Gasteiger partial charge >= 0.3 is 12.1 Å². The average molecular weight is 339 g/mol. The SMILES string of the molecule is COC(=O)[C@@H]1C[C@@H](Oc2cccc(F)c2)CN1C(=O)OC(C)(C)C. The molecular formula is C17H22FNO5. The fourth-order valence-electron chi connectivity index (χ4n) is 2.50. The first-order valence-corrected chi connectivity index (χ1v) is 7.69. The lowest BCUT2D eigenvalue weighted by atomic mass is 10.2. The molecule has 1 fully saturated rings. The maximum atomic E-state index is 13.3. The van der Waals surface area contributed by atoms with Gasteiger partial charge < -0.3 is 14.2 Å². The summed E-state index contributed by atoms with van der Waals surface area (Å²) in [5.41, 5.74) is -0.681. The second kappa shape index (κ2) is 7.07. The van der Waals surface area contributed by atoms with Gasteiger partial charge in [0.25, 0.3) is 0 Å². The first-order chi connectivity index (χ1) is 11.2. The highest BCUT2D eigenvalue weighted by atomic mass is 19.1. The number of benzene rings is 1. The van der Waals surface area contributed by atoms with Crippen LogP contribution < -0.4 is 4.74 Å². The van der Waals surface area contributed by atoms with Crippen molar-refractivity contribution in [3.8, 4) is 5.75 Å². The van der Waals surface area contributed by atoms with Gasteiger partial charge in [0, 0.05) is 12.5 Å². The zero-order valence-electron chi connectivity index (χ0n) is 14.2. The molecule has 2 rings (SSSR count). The van der Waals surface area contributed by atoms with E-state index < -0.39 is 35.6 Å². The van der Waals surface area contributed by atoms with Gasteiger partial charge in [0.2, 0.25) is 0 Å². The van der Waals surface area contributed by atoms with Crippen LogP contribution in [0.5, 0.6) is 5.75 Å². The van der Waals surface area contributed by atoms with Crippen molar-refractivity contribution < 1.29 is 28.2 Å². The van der Waals surface area contributed by atoms with Crippen molar-refractivity contribution in [2.45, 2.75) is 44.9 Å². The maximum Gasteiger partial charge on any atom is 0.411 e. The van der Waals surface area contributed by atoms with Gasteiger partial charge in [-0.2, -0.15) is 0 Å². The van der Waals surface area contributed by atoms with Crippen LogP contribution in [-0.4, -0.2) is 48.4 Å². The number of amides is 1. The van der Waals surface area contributed by atoms with Crippen molar-refractivity contribution >= 4 is 12.1 Å². The minimum atomic E-state index is -0.789. The molecule has 0 spiro atoms. The molecule has 6 nitrogen and oxygen atoms in total. The third-order valence-corrected chi connectivity index (χ3v) is 3.46. The predicted octanol–water partition coefficient (Wildman–Crippen LogP) is 2.76. The van der Waals surface area contributed by atoms with E-state index in [-0.39, 0.29) is 13.0 Å². The van der Waals surface area contributed by atoms with Gasteiger partial charge in [0.1, 0.15) is 29.3 Å². The third kappa shape index (κ3) is 4.59. The highest BCUT2D eigenvalue weighted by Gasteiger charge is 2.43. The van der Waals surface area contributed by atoms with E-state index in [9.17, 15) is 14.0 Å². The van der Waals surface area contributed by atoms with Crippen molar-refractivity contribution in [1.82, 2.24) is 4.90 Å². The first kappa shape index (κ1) is 18.0. The van der Waals surface area contributed by atoms with Crippen LogP contribution in [0.25, 0.3) is 0 Å². The summed E-state index contributed by atoms with van der Waals surface area (Å²) in [5.74, 6) is -0.611. The van der Waals surface area contributed by atoms with Crippen LogP contribution in [0.3, 0.4) is 0 Å². The largest absolute Gasteiger partial charge is 0.488 e. The molecule has 0 bridgehead atoms. The number of nitrogens with zero attached hydrogens (tertiary/aromatic N) is 1. The number of esters is 1. The Morgan fingerprint density at radius 2 is 2.00 bits per heavy atom. The van der Waals surface area contributed by atoms with E-state index in [1.54, 1.807) is 26.8 Å². The Labute approximate surface area is 140 Å². The topological polar surface area (TPSA) is 65.1 Å². The molecular weight excluding hydrogens is 317 g/mol. The standard InChI is InChI=1S/C17H22FNO5/c1-17(2,3)24-16(21)19-10-13(9-14(19)15(20)22-4)23-12-7-5-6-11(18)8-12/h5-8,13-14H,9-10H2,1-4H3/t13-,14+/m1/s1. The molecule has 1 heterocycles. The number of hydrogen-bond acceptors (Lipinski definition) is 5. The van der Waals surface area contributed by atoms with E-state index in [4.69, 9.17) is 14.2 Å². The van der Waals surface area contributed by atoms with Crippen LogP contribution in [0.1, 0.15) is 27.2 Å². The fraction of sp³-hybridized carbons (Fsp3) is 0.529. The Kier molecular flexibility index (Phi) is 5.31. The van der Waals surface area contributed by atoms with Crippen LogP contribution >= 0.6 is 0 Å². The lowest BCUT2D eigenvalue weighted by Gasteiger charge is -2.27. The Morgan fingerprint density at radius 1 is 1.29 bits per heavy atom. The van der Waals surface area contributed by atoms with E-state index in [1.165, 1.54) is 30.2 Å². The molecule has 1 aliphatic rings. The van der Waals surface area contributed by atoms with E-state index >= 15 is 0 Å². The van der Waals surface area contributed by atoms with Crippen LogP contribution in [-0.2, 0) is 14.3 Å². The van der Waals surface area contributed by atoms with Crippen LogP contribution in [0.4, 0.5) is 9.18 Å².